The molecule has 0 saturated carbocycles. The molecule has 3 aromatic rings. The van der Waals surface area contributed by atoms with Gasteiger partial charge in [-0.25, -0.2) is 10.4 Å². The fourth-order valence-electron chi connectivity index (χ4n) is 3.08. The molecule has 0 aliphatic carbocycles. The van der Waals surface area contributed by atoms with Gasteiger partial charge in [0.05, 0.1) is 26.1 Å². The summed E-state index contributed by atoms with van der Waals surface area (Å²) in [6.07, 6.45) is 1.79. The first-order valence-electron chi connectivity index (χ1n) is 9.98. The molecule has 1 aromatic heterocycles. The number of hydrogen-bond acceptors (Lipinski definition) is 8. The molecule has 9 heteroatoms. The molecule has 3 N–H and O–H groups in total. The van der Waals surface area contributed by atoms with E-state index in [9.17, 15) is 4.79 Å². The third-order valence-electron chi connectivity index (χ3n) is 4.68. The molecule has 0 bridgehead atoms. The highest BCUT2D eigenvalue weighted by Gasteiger charge is 2.14. The smallest absolute Gasteiger partial charge is 0.255 e. The number of aryl methyl sites for hydroxylation is 1. The molecule has 2 aromatic carbocycles. The van der Waals surface area contributed by atoms with Gasteiger partial charge >= 0.3 is 0 Å². The lowest BCUT2D eigenvalue weighted by atomic mass is 10.2. The third kappa shape index (κ3) is 5.64. The van der Waals surface area contributed by atoms with Gasteiger partial charge in [0, 0.05) is 24.2 Å². The van der Waals surface area contributed by atoms with Crippen molar-refractivity contribution in [2.24, 2.45) is 5.10 Å². The number of H-pyrrole nitrogens is 1. The van der Waals surface area contributed by atoms with E-state index in [1.165, 1.54) is 0 Å². The van der Waals surface area contributed by atoms with Crippen molar-refractivity contribution >= 4 is 12.2 Å². The Bertz CT molecular complexity index is 1100. The van der Waals surface area contributed by atoms with E-state index in [0.29, 0.717) is 40.7 Å². The maximum Gasteiger partial charge on any atom is 0.255 e. The van der Waals surface area contributed by atoms with E-state index in [4.69, 9.17) is 19.3 Å². The summed E-state index contributed by atoms with van der Waals surface area (Å²) in [6.45, 7) is 1.96. The van der Waals surface area contributed by atoms with Crippen molar-refractivity contribution < 1.29 is 19.3 Å². The summed E-state index contributed by atoms with van der Waals surface area (Å²) in [4.78, 5) is 19.0. The standard InChI is InChI=1S/C23H26N4O5/c1-15-18(9-10-28)22(29)26-23(25-15)27-24-13-17-11-19(30-2)21(20(12-17)31-3)32-14-16-7-5-4-6-8-16/h4-8,11-13,28H,9-10,14H2,1-3H3,(H2,25,26,27,29)/b24-13-. The van der Waals surface area contributed by atoms with Crippen molar-refractivity contribution in [2.45, 2.75) is 20.0 Å². The quantitative estimate of drug-likeness (QED) is 0.329. The number of hydrazone groups is 1. The van der Waals surface area contributed by atoms with Gasteiger partial charge in [0.1, 0.15) is 6.61 Å². The minimum Gasteiger partial charge on any atom is -0.493 e. The summed E-state index contributed by atoms with van der Waals surface area (Å²) >= 11 is 0. The Balaban J connectivity index is 1.77. The van der Waals surface area contributed by atoms with Crippen LogP contribution in [0.5, 0.6) is 17.2 Å². The topological polar surface area (TPSA) is 118 Å². The second kappa shape index (κ2) is 11.0. The Morgan fingerprint density at radius 2 is 1.84 bits per heavy atom. The Kier molecular flexibility index (Phi) is 7.82. The minimum absolute atomic E-state index is 0.120. The molecule has 0 unspecified atom stereocenters. The molecule has 1 heterocycles. The number of rotatable bonds is 10. The molecule has 3 rings (SSSR count). The van der Waals surface area contributed by atoms with Crippen LogP contribution in [0.25, 0.3) is 0 Å². The van der Waals surface area contributed by atoms with Crippen molar-refractivity contribution in [2.75, 3.05) is 26.3 Å². The molecule has 0 saturated heterocycles. The van der Waals surface area contributed by atoms with Crippen molar-refractivity contribution in [1.29, 1.82) is 0 Å². The second-order valence-electron chi connectivity index (χ2n) is 6.85. The number of benzene rings is 2. The zero-order valence-corrected chi connectivity index (χ0v) is 18.2. The summed E-state index contributed by atoms with van der Waals surface area (Å²) in [5, 5.41) is 13.2. The van der Waals surface area contributed by atoms with Gasteiger partial charge < -0.3 is 19.3 Å². The highest BCUT2D eigenvalue weighted by Crippen LogP contribution is 2.38. The number of aromatic amines is 1. The highest BCUT2D eigenvalue weighted by atomic mass is 16.5. The van der Waals surface area contributed by atoms with Crippen LogP contribution in [0.3, 0.4) is 0 Å². The number of anilines is 1. The Hall–Kier alpha value is -3.85. The number of aliphatic hydroxyl groups excluding tert-OH is 1. The molecule has 0 atom stereocenters. The summed E-state index contributed by atoms with van der Waals surface area (Å²) in [5.41, 5.74) is 5.08. The minimum atomic E-state index is -0.312. The summed E-state index contributed by atoms with van der Waals surface area (Å²) in [7, 11) is 3.10. The number of ether oxygens (including phenoxy) is 3. The van der Waals surface area contributed by atoms with Gasteiger partial charge in [-0.05, 0) is 24.6 Å². The molecule has 0 fully saturated rings. The van der Waals surface area contributed by atoms with Crippen LogP contribution >= 0.6 is 0 Å². The van der Waals surface area contributed by atoms with Crippen LogP contribution in [0.2, 0.25) is 0 Å². The van der Waals surface area contributed by atoms with Crippen LogP contribution in [-0.4, -0.2) is 42.1 Å². The average Bonchev–Trinajstić information content (AvgIpc) is 2.80. The van der Waals surface area contributed by atoms with Gasteiger partial charge in [-0.2, -0.15) is 5.10 Å². The number of nitrogens with zero attached hydrogens (tertiary/aromatic N) is 2. The van der Waals surface area contributed by atoms with Crippen LogP contribution < -0.4 is 25.2 Å². The zero-order valence-electron chi connectivity index (χ0n) is 18.2. The first-order chi connectivity index (χ1) is 15.5. The molecule has 168 valence electrons. The summed E-state index contributed by atoms with van der Waals surface area (Å²) in [5.74, 6) is 1.69. The predicted octanol–water partition coefficient (Wildman–Crippen LogP) is 2.66. The van der Waals surface area contributed by atoms with E-state index >= 15 is 0 Å². The van der Waals surface area contributed by atoms with Crippen molar-refractivity contribution in [3.63, 3.8) is 0 Å². The molecular formula is C23H26N4O5. The third-order valence-corrected chi connectivity index (χ3v) is 4.68. The second-order valence-corrected chi connectivity index (χ2v) is 6.85. The normalized spacial score (nSPS) is 10.9. The summed E-state index contributed by atoms with van der Waals surface area (Å²) < 4.78 is 16.9. The Morgan fingerprint density at radius 3 is 2.44 bits per heavy atom. The van der Waals surface area contributed by atoms with Crippen LogP contribution in [-0.2, 0) is 13.0 Å². The van der Waals surface area contributed by atoms with Gasteiger partial charge in [-0.3, -0.25) is 9.78 Å². The Morgan fingerprint density at radius 1 is 1.16 bits per heavy atom. The fraction of sp³-hybridized carbons (Fsp3) is 0.261. The largest absolute Gasteiger partial charge is 0.493 e. The monoisotopic (exact) mass is 438 g/mol. The zero-order chi connectivity index (χ0) is 22.9. The highest BCUT2D eigenvalue weighted by molar-refractivity contribution is 5.82. The van der Waals surface area contributed by atoms with E-state index < -0.39 is 0 Å². The Labute approximate surface area is 185 Å². The maximum absolute atomic E-state index is 12.1. The van der Waals surface area contributed by atoms with Gasteiger partial charge in [0.2, 0.25) is 11.7 Å². The first-order valence-corrected chi connectivity index (χ1v) is 9.98. The lowest BCUT2D eigenvalue weighted by Crippen LogP contribution is -2.19. The molecule has 9 nitrogen and oxygen atoms in total. The summed E-state index contributed by atoms with van der Waals surface area (Å²) in [6, 6.07) is 13.3. The van der Waals surface area contributed by atoms with E-state index in [1.807, 2.05) is 30.3 Å². The first kappa shape index (κ1) is 22.8. The van der Waals surface area contributed by atoms with Crippen LogP contribution in [0.15, 0.2) is 52.4 Å². The van der Waals surface area contributed by atoms with E-state index in [-0.39, 0.29) is 24.5 Å². The molecular weight excluding hydrogens is 412 g/mol. The van der Waals surface area contributed by atoms with Gasteiger partial charge in [0.15, 0.2) is 11.5 Å². The molecule has 0 amide bonds. The van der Waals surface area contributed by atoms with Gasteiger partial charge in [-0.15, -0.1) is 0 Å². The van der Waals surface area contributed by atoms with Crippen LogP contribution in [0.4, 0.5) is 5.95 Å². The van der Waals surface area contributed by atoms with Crippen molar-refractivity contribution in [3.05, 3.63) is 75.2 Å². The average molecular weight is 438 g/mol. The maximum atomic E-state index is 12.1. The molecule has 0 spiro atoms. The van der Waals surface area contributed by atoms with E-state index in [1.54, 1.807) is 39.5 Å². The number of methoxy groups -OCH3 is 2. The SMILES string of the molecule is COc1cc(/C=N\Nc2nc(C)c(CCO)c(=O)[nH]2)cc(OC)c1OCc1ccccc1. The van der Waals surface area contributed by atoms with Crippen LogP contribution in [0.1, 0.15) is 22.4 Å². The lowest BCUT2D eigenvalue weighted by Gasteiger charge is -2.15. The molecule has 0 radical (unpaired) electrons. The van der Waals surface area contributed by atoms with E-state index in [2.05, 4.69) is 20.5 Å². The van der Waals surface area contributed by atoms with Crippen molar-refractivity contribution in [1.82, 2.24) is 9.97 Å². The molecule has 0 aliphatic heterocycles. The van der Waals surface area contributed by atoms with Crippen LogP contribution in [0, 0.1) is 6.92 Å². The number of nitrogens with one attached hydrogen (secondary N) is 2. The van der Waals surface area contributed by atoms with Crippen molar-refractivity contribution in [3.8, 4) is 17.2 Å². The van der Waals surface area contributed by atoms with Gasteiger partial charge in [0.25, 0.3) is 5.56 Å². The van der Waals surface area contributed by atoms with E-state index in [0.717, 1.165) is 5.56 Å². The lowest BCUT2D eigenvalue weighted by molar-refractivity contribution is 0.266. The number of aromatic nitrogens is 2. The fourth-order valence-corrected chi connectivity index (χ4v) is 3.08. The number of hydrogen-bond donors (Lipinski definition) is 3. The van der Waals surface area contributed by atoms with Gasteiger partial charge in [-0.1, -0.05) is 30.3 Å². The predicted molar refractivity (Wildman–Crippen MR) is 122 cm³/mol. The molecule has 0 aliphatic rings. The molecule has 32 heavy (non-hydrogen) atoms. The number of aliphatic hydroxyl groups is 1.